The molecule has 1 aliphatic rings. The SMILES string of the molecule is CN(CCCCOc1c(/C=C/c2ccccc2)cc(C(N=O)(C(F)(F)F)C(F)(F)F)cc1/C=C/c1ccccc1)C(=O)C(C)(NC=O)c1ccc2c(c1)OCO2. The first kappa shape index (κ1) is 41.1. The van der Waals surface area contributed by atoms with Crippen LogP contribution in [0.3, 0.4) is 0 Å². The number of hydrogen-bond donors (Lipinski definition) is 1. The third-order valence-corrected chi connectivity index (χ3v) is 9.24. The van der Waals surface area contributed by atoms with Crippen LogP contribution in [0.5, 0.6) is 17.2 Å². The van der Waals surface area contributed by atoms with Gasteiger partial charge in [-0.2, -0.15) is 26.3 Å². The summed E-state index contributed by atoms with van der Waals surface area (Å²) in [5.74, 6) is 0.425. The summed E-state index contributed by atoms with van der Waals surface area (Å²) < 4.78 is 103. The number of benzene rings is 4. The summed E-state index contributed by atoms with van der Waals surface area (Å²) in [4.78, 5) is 38.4. The third kappa shape index (κ3) is 8.72. The summed E-state index contributed by atoms with van der Waals surface area (Å²) >= 11 is 0. The number of carbonyl (C=O) groups excluding carboxylic acids is 2. The van der Waals surface area contributed by atoms with Crippen molar-refractivity contribution in [2.45, 2.75) is 43.2 Å². The highest BCUT2D eigenvalue weighted by atomic mass is 19.4. The van der Waals surface area contributed by atoms with Crippen molar-refractivity contribution in [1.82, 2.24) is 10.2 Å². The minimum Gasteiger partial charge on any atom is -0.492 e. The number of halogens is 6. The number of rotatable bonds is 16. The van der Waals surface area contributed by atoms with E-state index in [0.717, 1.165) is 0 Å². The van der Waals surface area contributed by atoms with E-state index in [4.69, 9.17) is 14.2 Å². The third-order valence-electron chi connectivity index (χ3n) is 9.24. The normalized spacial score (nSPS) is 14.1. The number of nitroso groups, excluding NO2 is 1. The Morgan fingerprint density at radius 1 is 0.786 bits per heavy atom. The summed E-state index contributed by atoms with van der Waals surface area (Å²) in [6.07, 6.45) is -5.64. The van der Waals surface area contributed by atoms with Crippen molar-refractivity contribution < 1.29 is 50.1 Å². The molecule has 1 aliphatic heterocycles. The number of likely N-dealkylation sites (N-methyl/N-ethyl adjacent to an activating group) is 1. The lowest BCUT2D eigenvalue weighted by Crippen LogP contribution is -2.52. The molecule has 0 radical (unpaired) electrons. The van der Waals surface area contributed by atoms with Crippen LogP contribution >= 0.6 is 0 Å². The molecule has 0 saturated heterocycles. The summed E-state index contributed by atoms with van der Waals surface area (Å²) in [6.45, 7) is 1.69. The van der Waals surface area contributed by atoms with Crippen LogP contribution in [-0.4, -0.2) is 56.6 Å². The Hall–Kier alpha value is -6.12. The number of carbonyl (C=O) groups is 2. The fraction of sp³-hybridized carbons (Fsp3) is 0.268. The molecule has 1 atom stereocenters. The molecule has 1 heterocycles. The van der Waals surface area contributed by atoms with Crippen LogP contribution in [0, 0.1) is 4.91 Å². The average molecular weight is 782 g/mol. The highest BCUT2D eigenvalue weighted by Crippen LogP contribution is 2.54. The van der Waals surface area contributed by atoms with E-state index in [0.29, 0.717) is 53.2 Å². The monoisotopic (exact) mass is 781 g/mol. The molecule has 15 heteroatoms. The smallest absolute Gasteiger partial charge is 0.430 e. The van der Waals surface area contributed by atoms with E-state index in [-0.39, 0.29) is 43.2 Å². The molecule has 4 aromatic rings. The second-order valence-corrected chi connectivity index (χ2v) is 13.0. The lowest BCUT2D eigenvalue weighted by molar-refractivity contribution is -0.301. The molecule has 0 bridgehead atoms. The molecule has 0 spiro atoms. The number of alkyl halides is 6. The maximum atomic E-state index is 14.4. The summed E-state index contributed by atoms with van der Waals surface area (Å²) in [7, 11) is 1.55. The standard InChI is InChI=1S/C41H37F6N3O6/c1-38(48-26-51,32-19-20-34-35(25-32)56-27-55-34)37(52)50(2)21-9-10-22-54-36-30(17-15-28-11-5-3-6-12-28)23-33(39(49-53,40(42,43)44)41(45,46)47)24-31(36)18-16-29-13-7-4-8-14-29/h3-8,11-20,23-26H,9-10,21-22,27H2,1-2H3,(H,48,51)/b17-15+,18-16+. The number of ether oxygens (including phenoxy) is 3. The maximum absolute atomic E-state index is 14.4. The number of fused-ring (bicyclic) bond motifs is 1. The number of hydrogen-bond acceptors (Lipinski definition) is 7. The molecule has 0 saturated carbocycles. The lowest BCUT2D eigenvalue weighted by atomic mass is 9.86. The predicted molar refractivity (Wildman–Crippen MR) is 198 cm³/mol. The van der Waals surface area contributed by atoms with E-state index in [1.54, 1.807) is 98.0 Å². The Balaban J connectivity index is 1.45. The maximum Gasteiger partial charge on any atom is 0.430 e. The van der Waals surface area contributed by atoms with Gasteiger partial charge in [0.25, 0.3) is 5.91 Å². The average Bonchev–Trinajstić information content (AvgIpc) is 3.65. The van der Waals surface area contributed by atoms with Gasteiger partial charge >= 0.3 is 17.9 Å². The Kier molecular flexibility index (Phi) is 12.6. The van der Waals surface area contributed by atoms with Crippen molar-refractivity contribution in [2.75, 3.05) is 27.0 Å². The zero-order valence-corrected chi connectivity index (χ0v) is 30.2. The number of nitrogens with zero attached hydrogens (tertiary/aromatic N) is 2. The second-order valence-electron chi connectivity index (χ2n) is 13.0. The van der Waals surface area contributed by atoms with Gasteiger partial charge in [-0.15, -0.1) is 4.91 Å². The first-order valence-corrected chi connectivity index (χ1v) is 17.3. The Morgan fingerprint density at radius 3 is 1.86 bits per heavy atom. The van der Waals surface area contributed by atoms with Crippen LogP contribution in [0.15, 0.2) is 96.2 Å². The van der Waals surface area contributed by atoms with E-state index in [1.807, 2.05) is 0 Å². The molecule has 0 aliphatic carbocycles. The van der Waals surface area contributed by atoms with Crippen LogP contribution in [0.25, 0.3) is 24.3 Å². The summed E-state index contributed by atoms with van der Waals surface area (Å²) in [5.41, 5.74) is -6.70. The van der Waals surface area contributed by atoms with Gasteiger partial charge in [-0.1, -0.05) is 91.0 Å². The largest absolute Gasteiger partial charge is 0.492 e. The number of nitrogens with one attached hydrogen (secondary N) is 1. The van der Waals surface area contributed by atoms with Crippen molar-refractivity contribution in [2.24, 2.45) is 5.18 Å². The molecular weight excluding hydrogens is 744 g/mol. The van der Waals surface area contributed by atoms with Gasteiger partial charge in [-0.3, -0.25) is 9.59 Å². The van der Waals surface area contributed by atoms with Crippen LogP contribution < -0.4 is 19.5 Å². The zero-order valence-electron chi connectivity index (χ0n) is 30.2. The summed E-state index contributed by atoms with van der Waals surface area (Å²) in [6, 6.07) is 23.1. The van der Waals surface area contributed by atoms with Gasteiger partial charge in [0.05, 0.1) is 6.61 Å². The Labute approximate surface area is 318 Å². The highest BCUT2D eigenvalue weighted by Gasteiger charge is 2.74. The van der Waals surface area contributed by atoms with Gasteiger partial charge in [-0.25, -0.2) is 0 Å². The Bertz CT molecular complexity index is 1990. The second kappa shape index (κ2) is 17.1. The van der Waals surface area contributed by atoms with Crippen molar-refractivity contribution in [3.63, 3.8) is 0 Å². The zero-order chi connectivity index (χ0) is 40.6. The van der Waals surface area contributed by atoms with Crippen LogP contribution in [0.4, 0.5) is 26.3 Å². The van der Waals surface area contributed by atoms with Gasteiger partial charge in [-0.05, 0) is 65.9 Å². The van der Waals surface area contributed by atoms with Crippen molar-refractivity contribution in [3.05, 3.63) is 129 Å². The topological polar surface area (TPSA) is 107 Å². The first-order valence-electron chi connectivity index (χ1n) is 17.3. The van der Waals surface area contributed by atoms with E-state index in [1.165, 1.54) is 29.2 Å². The molecule has 5 rings (SSSR count). The fourth-order valence-electron chi connectivity index (χ4n) is 6.14. The molecule has 294 valence electrons. The number of unbranched alkanes of at least 4 members (excludes halogenated alkanes) is 1. The Morgan fingerprint density at radius 2 is 1.34 bits per heavy atom. The quantitative estimate of drug-likeness (QED) is 0.0400. The first-order chi connectivity index (χ1) is 26.6. The van der Waals surface area contributed by atoms with E-state index < -0.39 is 34.9 Å². The minimum absolute atomic E-state index is 0.0180. The molecule has 56 heavy (non-hydrogen) atoms. The predicted octanol–water partition coefficient (Wildman–Crippen LogP) is 9.12. The van der Waals surface area contributed by atoms with E-state index in [9.17, 15) is 40.8 Å². The van der Waals surface area contributed by atoms with E-state index in [2.05, 4.69) is 5.32 Å². The molecule has 1 N–H and O–H groups in total. The van der Waals surface area contributed by atoms with Gasteiger partial charge < -0.3 is 24.4 Å². The van der Waals surface area contributed by atoms with Gasteiger partial charge in [0.2, 0.25) is 13.2 Å². The van der Waals surface area contributed by atoms with Gasteiger partial charge in [0.1, 0.15) is 11.3 Å². The van der Waals surface area contributed by atoms with Crippen LogP contribution in [0.1, 0.15) is 53.1 Å². The van der Waals surface area contributed by atoms with Crippen molar-refractivity contribution >= 4 is 36.6 Å². The molecule has 2 amide bonds. The van der Waals surface area contributed by atoms with Crippen molar-refractivity contribution in [3.8, 4) is 17.2 Å². The molecular formula is C41H37F6N3O6. The molecule has 0 aromatic heterocycles. The van der Waals surface area contributed by atoms with Gasteiger partial charge in [0.15, 0.2) is 11.5 Å². The highest BCUT2D eigenvalue weighted by molar-refractivity contribution is 5.89. The molecule has 4 aromatic carbocycles. The molecule has 9 nitrogen and oxygen atoms in total. The van der Waals surface area contributed by atoms with Crippen LogP contribution in [0.2, 0.25) is 0 Å². The fourth-order valence-corrected chi connectivity index (χ4v) is 6.14. The van der Waals surface area contributed by atoms with E-state index >= 15 is 0 Å². The molecule has 1 unspecified atom stereocenters. The van der Waals surface area contributed by atoms with Crippen LogP contribution in [-0.2, 0) is 20.7 Å². The van der Waals surface area contributed by atoms with Crippen molar-refractivity contribution in [1.29, 1.82) is 0 Å². The number of amides is 2. The lowest BCUT2D eigenvalue weighted by Gasteiger charge is -2.33. The van der Waals surface area contributed by atoms with Gasteiger partial charge in [0, 0.05) is 30.3 Å². The minimum atomic E-state index is -6.14. The molecule has 0 fully saturated rings. The summed E-state index contributed by atoms with van der Waals surface area (Å²) in [5, 5.41) is 4.30.